The van der Waals surface area contributed by atoms with Gasteiger partial charge in [0, 0.05) is 12.8 Å². The zero-order valence-corrected chi connectivity index (χ0v) is 47.5. The van der Waals surface area contributed by atoms with Crippen molar-refractivity contribution < 1.29 is 24.5 Å². The molecule has 2 unspecified atom stereocenters. The quantitative estimate of drug-likeness (QED) is 0.0321. The Labute approximate surface area is 438 Å². The maximum absolute atomic E-state index is 12.5. The maximum Gasteiger partial charge on any atom is 0.305 e. The van der Waals surface area contributed by atoms with Gasteiger partial charge in [0.1, 0.15) is 0 Å². The van der Waals surface area contributed by atoms with E-state index in [1.54, 1.807) is 6.08 Å². The van der Waals surface area contributed by atoms with Crippen LogP contribution in [0.3, 0.4) is 0 Å². The fourth-order valence-electron chi connectivity index (χ4n) is 10.2. The van der Waals surface area contributed by atoms with Crippen molar-refractivity contribution in [2.75, 3.05) is 13.2 Å². The van der Waals surface area contributed by atoms with Crippen LogP contribution in [0.25, 0.3) is 0 Å². The van der Waals surface area contributed by atoms with Crippen LogP contribution in [0, 0.1) is 0 Å². The summed E-state index contributed by atoms with van der Waals surface area (Å²) < 4.78 is 5.47. The summed E-state index contributed by atoms with van der Waals surface area (Å²) in [5.74, 6) is -0.0469. The lowest BCUT2D eigenvalue weighted by atomic mass is 10.0. The first-order valence-electron chi connectivity index (χ1n) is 32.0. The fraction of sp³-hybridized carbons (Fsp3) is 0.938. The van der Waals surface area contributed by atoms with Gasteiger partial charge in [0.2, 0.25) is 5.91 Å². The number of aliphatic hydroxyl groups is 2. The summed E-state index contributed by atoms with van der Waals surface area (Å²) in [5, 5.41) is 23.2. The third-order valence-corrected chi connectivity index (χ3v) is 15.1. The molecular formula is C64H125NO5. The molecule has 70 heavy (non-hydrogen) atoms. The van der Waals surface area contributed by atoms with Crippen LogP contribution in [0.15, 0.2) is 12.2 Å². The Kier molecular flexibility index (Phi) is 59.0. The molecule has 0 aliphatic carbocycles. The predicted octanol–water partition coefficient (Wildman–Crippen LogP) is 20.0. The molecule has 0 heterocycles. The number of allylic oxidation sites excluding steroid dienone is 1. The first kappa shape index (κ1) is 68.6. The van der Waals surface area contributed by atoms with Crippen molar-refractivity contribution >= 4 is 11.9 Å². The molecule has 0 aliphatic heterocycles. The third-order valence-electron chi connectivity index (χ3n) is 15.1. The molecule has 0 saturated carbocycles. The lowest BCUT2D eigenvalue weighted by Gasteiger charge is -2.20. The van der Waals surface area contributed by atoms with Gasteiger partial charge in [-0.25, -0.2) is 0 Å². The average Bonchev–Trinajstić information content (AvgIpc) is 3.36. The van der Waals surface area contributed by atoms with Crippen LogP contribution in [0.4, 0.5) is 0 Å². The van der Waals surface area contributed by atoms with E-state index in [1.165, 1.54) is 295 Å². The largest absolute Gasteiger partial charge is 0.466 e. The molecule has 0 aliphatic rings. The standard InChI is InChI=1S/C64H125NO5/c1-3-5-7-9-11-13-15-16-17-27-30-33-37-40-44-48-52-56-62(67)61(60-66)65-63(68)57-53-49-45-41-38-34-31-28-25-23-21-19-18-20-22-24-26-29-32-35-39-43-47-51-55-59-70-64(69)58-54-50-46-42-36-14-12-10-8-6-4-2/h52,56,61-62,66-67H,3-51,53-55,57-60H2,1-2H3,(H,65,68)/b56-52+. The number of amides is 1. The second-order valence-electron chi connectivity index (χ2n) is 22.1. The van der Waals surface area contributed by atoms with Crippen LogP contribution in [0.5, 0.6) is 0 Å². The molecule has 0 aromatic heterocycles. The Bertz CT molecular complexity index is 1050. The Hall–Kier alpha value is -1.40. The number of carbonyl (C=O) groups excluding carboxylic acids is 2. The average molecular weight is 989 g/mol. The van der Waals surface area contributed by atoms with Gasteiger partial charge in [0.15, 0.2) is 0 Å². The minimum Gasteiger partial charge on any atom is -0.466 e. The number of carbonyl (C=O) groups is 2. The molecule has 6 heteroatoms. The van der Waals surface area contributed by atoms with E-state index in [9.17, 15) is 19.8 Å². The van der Waals surface area contributed by atoms with Crippen molar-refractivity contribution in [2.45, 2.75) is 373 Å². The van der Waals surface area contributed by atoms with Gasteiger partial charge in [0.05, 0.1) is 25.4 Å². The number of esters is 1. The van der Waals surface area contributed by atoms with E-state index in [1.807, 2.05) is 6.08 Å². The zero-order chi connectivity index (χ0) is 50.7. The Morgan fingerprint density at radius 1 is 0.386 bits per heavy atom. The highest BCUT2D eigenvalue weighted by Gasteiger charge is 2.18. The van der Waals surface area contributed by atoms with Crippen molar-refractivity contribution in [1.29, 1.82) is 0 Å². The normalized spacial score (nSPS) is 12.6. The van der Waals surface area contributed by atoms with Crippen LogP contribution in [0.2, 0.25) is 0 Å². The second kappa shape index (κ2) is 60.2. The van der Waals surface area contributed by atoms with Crippen molar-refractivity contribution in [1.82, 2.24) is 5.32 Å². The molecule has 0 aromatic rings. The monoisotopic (exact) mass is 988 g/mol. The number of hydrogen-bond donors (Lipinski definition) is 3. The molecule has 0 aromatic carbocycles. The molecule has 1 amide bonds. The summed E-state index contributed by atoms with van der Waals surface area (Å²) in [7, 11) is 0. The van der Waals surface area contributed by atoms with E-state index in [0.717, 1.165) is 38.5 Å². The molecular weight excluding hydrogens is 863 g/mol. The van der Waals surface area contributed by atoms with Crippen LogP contribution in [-0.2, 0) is 14.3 Å². The summed E-state index contributed by atoms with van der Waals surface area (Å²) >= 11 is 0. The number of hydrogen-bond acceptors (Lipinski definition) is 5. The van der Waals surface area contributed by atoms with E-state index >= 15 is 0 Å². The van der Waals surface area contributed by atoms with E-state index in [2.05, 4.69) is 19.2 Å². The lowest BCUT2D eigenvalue weighted by molar-refractivity contribution is -0.143. The molecule has 0 rings (SSSR count). The molecule has 416 valence electrons. The van der Waals surface area contributed by atoms with Crippen molar-refractivity contribution in [3.05, 3.63) is 12.2 Å². The van der Waals surface area contributed by atoms with E-state index in [-0.39, 0.29) is 18.5 Å². The Morgan fingerprint density at radius 3 is 0.971 bits per heavy atom. The van der Waals surface area contributed by atoms with Gasteiger partial charge in [0.25, 0.3) is 0 Å². The number of aliphatic hydroxyl groups excluding tert-OH is 2. The van der Waals surface area contributed by atoms with Crippen molar-refractivity contribution in [2.24, 2.45) is 0 Å². The van der Waals surface area contributed by atoms with Crippen LogP contribution in [-0.4, -0.2) is 47.4 Å². The summed E-state index contributed by atoms with van der Waals surface area (Å²) in [6, 6.07) is -0.626. The van der Waals surface area contributed by atoms with Gasteiger partial charge in [-0.3, -0.25) is 9.59 Å². The number of ether oxygens (including phenoxy) is 1. The molecule has 0 saturated heterocycles. The molecule has 6 nitrogen and oxygen atoms in total. The first-order chi connectivity index (χ1) is 34.5. The minimum atomic E-state index is -0.842. The third kappa shape index (κ3) is 55.9. The van der Waals surface area contributed by atoms with Crippen molar-refractivity contribution in [3.8, 4) is 0 Å². The highest BCUT2D eigenvalue weighted by atomic mass is 16.5. The van der Waals surface area contributed by atoms with Gasteiger partial charge in [-0.15, -0.1) is 0 Å². The van der Waals surface area contributed by atoms with Gasteiger partial charge in [-0.2, -0.15) is 0 Å². The number of rotatable bonds is 60. The smallest absolute Gasteiger partial charge is 0.305 e. The highest BCUT2D eigenvalue weighted by Crippen LogP contribution is 2.18. The van der Waals surface area contributed by atoms with Gasteiger partial charge >= 0.3 is 5.97 Å². The Morgan fingerprint density at radius 2 is 0.657 bits per heavy atom. The maximum atomic E-state index is 12.5. The number of nitrogens with one attached hydrogen (secondary N) is 1. The molecule has 3 N–H and O–H groups in total. The second-order valence-corrected chi connectivity index (χ2v) is 22.1. The van der Waals surface area contributed by atoms with E-state index < -0.39 is 12.1 Å². The summed E-state index contributed by atoms with van der Waals surface area (Å²) in [4.78, 5) is 24.5. The fourth-order valence-corrected chi connectivity index (χ4v) is 10.2. The van der Waals surface area contributed by atoms with E-state index in [4.69, 9.17) is 4.74 Å². The summed E-state index contributed by atoms with van der Waals surface area (Å²) in [6.45, 7) is 4.93. The molecule has 2 atom stereocenters. The Balaban J connectivity index is 3.38. The summed E-state index contributed by atoms with van der Waals surface area (Å²) in [5.41, 5.74) is 0. The lowest BCUT2D eigenvalue weighted by Crippen LogP contribution is -2.45. The van der Waals surface area contributed by atoms with E-state index in [0.29, 0.717) is 19.4 Å². The zero-order valence-electron chi connectivity index (χ0n) is 47.5. The van der Waals surface area contributed by atoms with Crippen molar-refractivity contribution in [3.63, 3.8) is 0 Å². The molecule has 0 spiro atoms. The van der Waals surface area contributed by atoms with Crippen LogP contribution >= 0.6 is 0 Å². The number of unbranched alkanes of at least 4 members (excludes halogenated alkanes) is 49. The SMILES string of the molecule is CCCCCCCCCCCCCCCCC/C=C/C(O)C(CO)NC(=O)CCCCCCCCCCCCCCCCCCCCCCCCCCCOC(=O)CCCCCCCCCCCCC. The topological polar surface area (TPSA) is 95.9 Å². The molecule has 0 radical (unpaired) electrons. The molecule has 0 bridgehead atoms. The van der Waals surface area contributed by atoms with Gasteiger partial charge in [-0.05, 0) is 32.1 Å². The predicted molar refractivity (Wildman–Crippen MR) is 306 cm³/mol. The minimum absolute atomic E-state index is 0.0163. The van der Waals surface area contributed by atoms with Gasteiger partial charge in [-0.1, -0.05) is 328 Å². The highest BCUT2D eigenvalue weighted by molar-refractivity contribution is 5.76. The first-order valence-corrected chi connectivity index (χ1v) is 32.0. The van der Waals surface area contributed by atoms with Crippen LogP contribution in [0.1, 0.15) is 361 Å². The van der Waals surface area contributed by atoms with Crippen LogP contribution < -0.4 is 5.32 Å². The van der Waals surface area contributed by atoms with Gasteiger partial charge < -0.3 is 20.3 Å². The summed E-state index contributed by atoms with van der Waals surface area (Å²) in [6.07, 6.45) is 72.6. The molecule has 0 fully saturated rings.